The minimum Gasteiger partial charge on any atom is -0.508 e. The fourth-order valence-electron chi connectivity index (χ4n) is 4.90. The third kappa shape index (κ3) is 4.23. The molecule has 9 heteroatoms. The fourth-order valence-corrected chi connectivity index (χ4v) is 4.90. The summed E-state index contributed by atoms with van der Waals surface area (Å²) in [6.07, 6.45) is 3.78. The van der Waals surface area contributed by atoms with Crippen LogP contribution in [0.15, 0.2) is 48.5 Å². The molecule has 1 saturated heterocycles. The first kappa shape index (κ1) is 22.9. The molecule has 6 rings (SSSR count). The summed E-state index contributed by atoms with van der Waals surface area (Å²) in [5.41, 5.74) is 5.64. The van der Waals surface area contributed by atoms with Crippen molar-refractivity contribution in [2.75, 3.05) is 33.2 Å². The van der Waals surface area contributed by atoms with Gasteiger partial charge in [0.05, 0.1) is 22.3 Å². The molecule has 2 aliphatic heterocycles. The van der Waals surface area contributed by atoms with Crippen LogP contribution < -0.4 is 5.32 Å². The molecule has 37 heavy (non-hydrogen) atoms. The van der Waals surface area contributed by atoms with Gasteiger partial charge < -0.3 is 20.2 Å². The number of amides is 2. The number of fused-ring (bicyclic) bond motifs is 2. The number of hydrogen-bond acceptors (Lipinski definition) is 6. The Hall–Kier alpha value is -4.50. The second-order valence-corrected chi connectivity index (χ2v) is 9.39. The number of rotatable bonds is 4. The predicted octanol–water partition coefficient (Wildman–Crippen LogP) is 3.13. The molecule has 2 aromatic heterocycles. The van der Waals surface area contributed by atoms with Crippen LogP contribution in [0.3, 0.4) is 0 Å². The topological polar surface area (TPSA) is 114 Å². The molecule has 4 aromatic rings. The zero-order valence-corrected chi connectivity index (χ0v) is 20.4. The molecular weight excluding hydrogens is 468 g/mol. The number of carbonyl (C=O) groups is 2. The van der Waals surface area contributed by atoms with Crippen LogP contribution in [0.1, 0.15) is 37.5 Å². The van der Waals surface area contributed by atoms with Gasteiger partial charge in [-0.2, -0.15) is 5.10 Å². The molecule has 1 fully saturated rings. The Labute approximate surface area is 213 Å². The summed E-state index contributed by atoms with van der Waals surface area (Å²) >= 11 is 0. The summed E-state index contributed by atoms with van der Waals surface area (Å²) in [5.74, 6) is 0.109. The number of phenols is 1. The van der Waals surface area contributed by atoms with E-state index in [4.69, 9.17) is 4.98 Å². The van der Waals surface area contributed by atoms with Gasteiger partial charge in [0.25, 0.3) is 11.8 Å². The van der Waals surface area contributed by atoms with Crippen molar-refractivity contribution in [1.29, 1.82) is 0 Å². The molecule has 2 aromatic carbocycles. The summed E-state index contributed by atoms with van der Waals surface area (Å²) in [7, 11) is 1.80. The molecule has 0 saturated carbocycles. The lowest BCUT2D eigenvalue weighted by molar-refractivity contribution is 0.0737. The smallest absolute Gasteiger partial charge is 0.254 e. The van der Waals surface area contributed by atoms with E-state index in [1.807, 2.05) is 35.3 Å². The SMILES string of the molecule is CN1Cc2ccc(C=Cc3[nH]nc4nc(-c5ccc(O)cc5)cc(C(=O)N5CCNCC5)c34)cc2C1=O. The fraction of sp³-hybridized carbons (Fsp3) is 0.214. The Morgan fingerprint density at radius 2 is 1.84 bits per heavy atom. The number of pyridine rings is 1. The normalized spacial score (nSPS) is 15.6. The van der Waals surface area contributed by atoms with E-state index >= 15 is 0 Å². The van der Waals surface area contributed by atoms with Crippen molar-refractivity contribution in [3.8, 4) is 17.0 Å². The largest absolute Gasteiger partial charge is 0.508 e. The van der Waals surface area contributed by atoms with Crippen LogP contribution in [0, 0.1) is 0 Å². The van der Waals surface area contributed by atoms with Crippen molar-refractivity contribution >= 4 is 35.0 Å². The minimum atomic E-state index is -0.0730. The molecule has 0 atom stereocenters. The highest BCUT2D eigenvalue weighted by molar-refractivity contribution is 6.09. The van der Waals surface area contributed by atoms with Gasteiger partial charge in [-0.3, -0.25) is 14.7 Å². The predicted molar refractivity (Wildman–Crippen MR) is 141 cm³/mol. The quantitative estimate of drug-likeness (QED) is 0.402. The molecule has 0 spiro atoms. The molecule has 0 unspecified atom stereocenters. The van der Waals surface area contributed by atoms with Crippen LogP contribution in [0.5, 0.6) is 5.75 Å². The maximum absolute atomic E-state index is 13.7. The number of hydrogen-bond donors (Lipinski definition) is 3. The zero-order valence-electron chi connectivity index (χ0n) is 20.4. The van der Waals surface area contributed by atoms with Crippen LogP contribution in [0.2, 0.25) is 0 Å². The third-order valence-electron chi connectivity index (χ3n) is 6.91. The number of carbonyl (C=O) groups excluding carboxylic acids is 2. The highest BCUT2D eigenvalue weighted by atomic mass is 16.3. The van der Waals surface area contributed by atoms with E-state index in [9.17, 15) is 14.7 Å². The number of aromatic amines is 1. The molecule has 3 N–H and O–H groups in total. The first-order chi connectivity index (χ1) is 18.0. The monoisotopic (exact) mass is 494 g/mol. The third-order valence-corrected chi connectivity index (χ3v) is 6.91. The van der Waals surface area contributed by atoms with E-state index in [1.165, 1.54) is 0 Å². The second kappa shape index (κ2) is 9.18. The average molecular weight is 495 g/mol. The first-order valence-electron chi connectivity index (χ1n) is 12.2. The Bertz CT molecular complexity index is 1550. The summed E-state index contributed by atoms with van der Waals surface area (Å²) in [4.78, 5) is 34.4. The van der Waals surface area contributed by atoms with Crippen molar-refractivity contribution in [1.82, 2.24) is 30.3 Å². The van der Waals surface area contributed by atoms with E-state index in [-0.39, 0.29) is 17.6 Å². The Morgan fingerprint density at radius 3 is 2.62 bits per heavy atom. The average Bonchev–Trinajstić information content (AvgIpc) is 3.47. The van der Waals surface area contributed by atoms with Gasteiger partial charge in [-0.05, 0) is 53.6 Å². The lowest BCUT2D eigenvalue weighted by atomic mass is 10.0. The standard InChI is InChI=1S/C28H26N6O3/c1-33-16-19-4-2-17(14-21(19)27(33)36)3-9-23-25-22(28(37)34-12-10-29-11-13-34)15-24(30-26(25)32-31-23)18-5-7-20(35)8-6-18/h2-9,14-15,29,35H,10-13,16H2,1H3,(H,30,31,32). The Morgan fingerprint density at radius 1 is 1.05 bits per heavy atom. The van der Waals surface area contributed by atoms with Gasteiger partial charge in [0.2, 0.25) is 0 Å². The summed E-state index contributed by atoms with van der Waals surface area (Å²) < 4.78 is 0. The maximum Gasteiger partial charge on any atom is 0.254 e. The van der Waals surface area contributed by atoms with E-state index in [0.717, 1.165) is 29.8 Å². The first-order valence-corrected chi connectivity index (χ1v) is 12.2. The number of H-pyrrole nitrogens is 1. The van der Waals surface area contributed by atoms with Gasteiger partial charge in [0.15, 0.2) is 5.65 Å². The zero-order chi connectivity index (χ0) is 25.5. The highest BCUT2D eigenvalue weighted by Gasteiger charge is 2.25. The van der Waals surface area contributed by atoms with E-state index in [0.29, 0.717) is 53.2 Å². The molecule has 4 heterocycles. The Kier molecular flexibility index (Phi) is 5.69. The number of nitrogens with zero attached hydrogens (tertiary/aromatic N) is 4. The number of aromatic hydroxyl groups is 1. The van der Waals surface area contributed by atoms with E-state index < -0.39 is 0 Å². The van der Waals surface area contributed by atoms with Gasteiger partial charge in [0.1, 0.15) is 5.75 Å². The maximum atomic E-state index is 13.7. The number of aromatic nitrogens is 3. The lowest BCUT2D eigenvalue weighted by Gasteiger charge is -2.27. The van der Waals surface area contributed by atoms with E-state index in [1.54, 1.807) is 42.3 Å². The Balaban J connectivity index is 1.42. The lowest BCUT2D eigenvalue weighted by Crippen LogP contribution is -2.46. The second-order valence-electron chi connectivity index (χ2n) is 9.39. The molecule has 2 aliphatic rings. The van der Waals surface area contributed by atoms with Gasteiger partial charge >= 0.3 is 0 Å². The van der Waals surface area contributed by atoms with Crippen LogP contribution in [-0.2, 0) is 6.54 Å². The molecule has 0 aliphatic carbocycles. The van der Waals surface area contributed by atoms with Crippen molar-refractivity contribution in [2.24, 2.45) is 0 Å². The van der Waals surface area contributed by atoms with Gasteiger partial charge in [-0.15, -0.1) is 0 Å². The van der Waals surface area contributed by atoms with Crippen LogP contribution in [-0.4, -0.2) is 75.1 Å². The number of phenolic OH excluding ortho intramolecular Hbond substituents is 1. The molecule has 186 valence electrons. The minimum absolute atomic E-state index is 0.0205. The summed E-state index contributed by atoms with van der Waals surface area (Å²) in [6, 6.07) is 14.4. The summed E-state index contributed by atoms with van der Waals surface area (Å²) in [6.45, 7) is 3.36. The van der Waals surface area contributed by atoms with Crippen molar-refractivity contribution in [3.05, 3.63) is 76.5 Å². The molecular formula is C28H26N6O3. The molecule has 2 amide bonds. The van der Waals surface area contributed by atoms with Crippen LogP contribution >= 0.6 is 0 Å². The number of nitrogens with one attached hydrogen (secondary N) is 2. The van der Waals surface area contributed by atoms with Crippen molar-refractivity contribution < 1.29 is 14.7 Å². The molecule has 9 nitrogen and oxygen atoms in total. The van der Waals surface area contributed by atoms with Gasteiger partial charge in [-0.1, -0.05) is 18.2 Å². The number of piperazine rings is 1. The van der Waals surface area contributed by atoms with Gasteiger partial charge in [0, 0.05) is 50.9 Å². The van der Waals surface area contributed by atoms with Crippen molar-refractivity contribution in [3.63, 3.8) is 0 Å². The summed E-state index contributed by atoms with van der Waals surface area (Å²) in [5, 5.41) is 21.1. The molecule has 0 bridgehead atoms. The van der Waals surface area contributed by atoms with Crippen LogP contribution in [0.4, 0.5) is 0 Å². The van der Waals surface area contributed by atoms with Gasteiger partial charge in [-0.25, -0.2) is 4.98 Å². The van der Waals surface area contributed by atoms with Crippen molar-refractivity contribution in [2.45, 2.75) is 6.54 Å². The highest BCUT2D eigenvalue weighted by Crippen LogP contribution is 2.29. The molecule has 0 radical (unpaired) electrons. The van der Waals surface area contributed by atoms with Crippen LogP contribution in [0.25, 0.3) is 34.4 Å². The van der Waals surface area contributed by atoms with E-state index in [2.05, 4.69) is 15.5 Å². The number of benzene rings is 2.